The van der Waals surface area contributed by atoms with Crippen molar-refractivity contribution in [3.63, 3.8) is 0 Å². The van der Waals surface area contributed by atoms with Crippen molar-refractivity contribution in [2.75, 3.05) is 18.0 Å². The number of aromatic nitrogens is 3. The molecular formula is C8H13N5. The molecule has 1 aromatic rings. The highest BCUT2D eigenvalue weighted by molar-refractivity contribution is 5.34. The first-order valence-corrected chi connectivity index (χ1v) is 4.49. The van der Waals surface area contributed by atoms with Crippen molar-refractivity contribution in [1.29, 1.82) is 0 Å². The molecule has 2 N–H and O–H groups in total. The molecule has 1 fully saturated rings. The normalized spacial score (nSPS) is 23.2. The quantitative estimate of drug-likeness (QED) is 0.646. The molecule has 2 rings (SSSR count). The third-order valence-corrected chi connectivity index (χ3v) is 2.25. The van der Waals surface area contributed by atoms with Crippen molar-refractivity contribution >= 4 is 5.82 Å². The first-order chi connectivity index (χ1) is 6.36. The van der Waals surface area contributed by atoms with E-state index in [0.29, 0.717) is 0 Å². The summed E-state index contributed by atoms with van der Waals surface area (Å²) in [6, 6.07) is 0.260. The van der Waals surface area contributed by atoms with Gasteiger partial charge in [0.1, 0.15) is 6.33 Å². The minimum absolute atomic E-state index is 0.260. The van der Waals surface area contributed by atoms with Gasteiger partial charge in [-0.2, -0.15) is 0 Å². The third-order valence-electron chi connectivity index (χ3n) is 2.25. The van der Waals surface area contributed by atoms with E-state index in [1.807, 2.05) is 0 Å². The molecule has 1 aliphatic rings. The maximum absolute atomic E-state index is 5.85. The van der Waals surface area contributed by atoms with Gasteiger partial charge in [0, 0.05) is 19.1 Å². The van der Waals surface area contributed by atoms with Crippen molar-refractivity contribution in [2.24, 2.45) is 5.73 Å². The number of nitrogens with zero attached hydrogens (tertiary/aromatic N) is 4. The summed E-state index contributed by atoms with van der Waals surface area (Å²) in [7, 11) is 0. The summed E-state index contributed by atoms with van der Waals surface area (Å²) in [6.07, 6.45) is 5.39. The van der Waals surface area contributed by atoms with Crippen LogP contribution in [0.2, 0.25) is 0 Å². The molecule has 5 nitrogen and oxygen atoms in total. The van der Waals surface area contributed by atoms with Crippen LogP contribution in [0.1, 0.15) is 12.8 Å². The lowest BCUT2D eigenvalue weighted by Gasteiger charge is -2.30. The Morgan fingerprint density at radius 2 is 2.46 bits per heavy atom. The molecule has 0 bridgehead atoms. The van der Waals surface area contributed by atoms with Gasteiger partial charge in [0.05, 0.1) is 6.20 Å². The van der Waals surface area contributed by atoms with E-state index < -0.39 is 0 Å². The second kappa shape index (κ2) is 3.66. The maximum atomic E-state index is 5.85. The summed E-state index contributed by atoms with van der Waals surface area (Å²) in [4.78, 5) is 6.06. The van der Waals surface area contributed by atoms with Gasteiger partial charge in [-0.3, -0.25) is 0 Å². The Kier molecular flexibility index (Phi) is 2.35. The smallest absolute Gasteiger partial charge is 0.169 e. The SMILES string of the molecule is NC1CCCN(c2cncnn2)C1. The van der Waals surface area contributed by atoms with Crippen molar-refractivity contribution in [3.05, 3.63) is 12.5 Å². The highest BCUT2D eigenvalue weighted by Gasteiger charge is 2.17. The van der Waals surface area contributed by atoms with Crippen LogP contribution in [-0.4, -0.2) is 34.3 Å². The predicted molar refractivity (Wildman–Crippen MR) is 49.2 cm³/mol. The summed E-state index contributed by atoms with van der Waals surface area (Å²) in [5, 5.41) is 7.74. The largest absolute Gasteiger partial charge is 0.352 e. The van der Waals surface area contributed by atoms with Crippen LogP contribution in [-0.2, 0) is 0 Å². The molecule has 0 aliphatic carbocycles. The van der Waals surface area contributed by atoms with Crippen LogP contribution < -0.4 is 10.6 Å². The lowest BCUT2D eigenvalue weighted by molar-refractivity contribution is 0.501. The Hall–Kier alpha value is -1.23. The van der Waals surface area contributed by atoms with Gasteiger partial charge < -0.3 is 10.6 Å². The molecule has 2 heterocycles. The number of anilines is 1. The lowest BCUT2D eigenvalue weighted by Crippen LogP contribution is -2.43. The molecule has 5 heteroatoms. The van der Waals surface area contributed by atoms with Gasteiger partial charge in [-0.05, 0) is 12.8 Å². The van der Waals surface area contributed by atoms with E-state index in [2.05, 4.69) is 20.1 Å². The van der Waals surface area contributed by atoms with Crippen LogP contribution in [0, 0.1) is 0 Å². The van der Waals surface area contributed by atoms with Crippen molar-refractivity contribution < 1.29 is 0 Å². The average Bonchev–Trinajstić information content (AvgIpc) is 2.19. The van der Waals surface area contributed by atoms with Crippen LogP contribution in [0.5, 0.6) is 0 Å². The van der Waals surface area contributed by atoms with Crippen molar-refractivity contribution in [1.82, 2.24) is 15.2 Å². The second-order valence-corrected chi connectivity index (χ2v) is 3.32. The van der Waals surface area contributed by atoms with Gasteiger partial charge >= 0.3 is 0 Å². The summed E-state index contributed by atoms with van der Waals surface area (Å²) in [5.74, 6) is 0.831. The van der Waals surface area contributed by atoms with E-state index >= 15 is 0 Å². The topological polar surface area (TPSA) is 67.9 Å². The predicted octanol–water partition coefficient (Wildman–Crippen LogP) is -0.201. The van der Waals surface area contributed by atoms with Crippen LogP contribution in [0.3, 0.4) is 0 Å². The van der Waals surface area contributed by atoms with Crippen molar-refractivity contribution in [2.45, 2.75) is 18.9 Å². The van der Waals surface area contributed by atoms with E-state index in [0.717, 1.165) is 31.7 Å². The molecule has 70 valence electrons. The van der Waals surface area contributed by atoms with Crippen LogP contribution >= 0.6 is 0 Å². The number of nitrogens with two attached hydrogens (primary N) is 1. The van der Waals surface area contributed by atoms with E-state index in [1.54, 1.807) is 6.20 Å². The van der Waals surface area contributed by atoms with Gasteiger partial charge in [0.15, 0.2) is 5.82 Å². The molecule has 1 aromatic heterocycles. The lowest BCUT2D eigenvalue weighted by atomic mass is 10.1. The monoisotopic (exact) mass is 179 g/mol. The minimum atomic E-state index is 0.260. The summed E-state index contributed by atoms with van der Waals surface area (Å²) in [6.45, 7) is 1.87. The molecule has 1 unspecified atom stereocenters. The van der Waals surface area contributed by atoms with Crippen LogP contribution in [0.4, 0.5) is 5.82 Å². The maximum Gasteiger partial charge on any atom is 0.169 e. The first kappa shape index (κ1) is 8.37. The molecule has 0 aromatic carbocycles. The first-order valence-electron chi connectivity index (χ1n) is 4.49. The molecular weight excluding hydrogens is 166 g/mol. The fourth-order valence-electron chi connectivity index (χ4n) is 1.60. The number of rotatable bonds is 1. The molecule has 0 spiro atoms. The zero-order valence-electron chi connectivity index (χ0n) is 7.43. The molecule has 0 saturated carbocycles. The average molecular weight is 179 g/mol. The molecule has 0 radical (unpaired) electrons. The van der Waals surface area contributed by atoms with E-state index in [1.165, 1.54) is 6.33 Å². The fourth-order valence-corrected chi connectivity index (χ4v) is 1.60. The van der Waals surface area contributed by atoms with Crippen LogP contribution in [0.15, 0.2) is 12.5 Å². The number of hydrogen-bond donors (Lipinski definition) is 1. The zero-order chi connectivity index (χ0) is 9.10. The number of piperidine rings is 1. The molecule has 1 aliphatic heterocycles. The van der Waals surface area contributed by atoms with E-state index in [4.69, 9.17) is 5.73 Å². The Bertz CT molecular complexity index is 262. The summed E-state index contributed by atoms with van der Waals surface area (Å²) >= 11 is 0. The summed E-state index contributed by atoms with van der Waals surface area (Å²) in [5.41, 5.74) is 5.85. The summed E-state index contributed by atoms with van der Waals surface area (Å²) < 4.78 is 0. The Morgan fingerprint density at radius 3 is 3.15 bits per heavy atom. The molecule has 13 heavy (non-hydrogen) atoms. The van der Waals surface area contributed by atoms with Crippen molar-refractivity contribution in [3.8, 4) is 0 Å². The standard InChI is InChI=1S/C8H13N5/c9-7-2-1-3-13(5-7)8-4-10-6-11-12-8/h4,6-7H,1-3,5,9H2. The number of hydrogen-bond acceptors (Lipinski definition) is 5. The minimum Gasteiger partial charge on any atom is -0.352 e. The van der Waals surface area contributed by atoms with Gasteiger partial charge in [-0.25, -0.2) is 4.98 Å². The molecule has 1 saturated heterocycles. The fraction of sp³-hybridized carbons (Fsp3) is 0.625. The van der Waals surface area contributed by atoms with Gasteiger partial charge in [0.25, 0.3) is 0 Å². The van der Waals surface area contributed by atoms with Gasteiger partial charge in [-0.15, -0.1) is 10.2 Å². The highest BCUT2D eigenvalue weighted by Crippen LogP contribution is 2.14. The molecule has 0 amide bonds. The highest BCUT2D eigenvalue weighted by atomic mass is 15.3. The van der Waals surface area contributed by atoms with Crippen LogP contribution in [0.25, 0.3) is 0 Å². The Morgan fingerprint density at radius 1 is 1.54 bits per heavy atom. The third kappa shape index (κ3) is 1.92. The van der Waals surface area contributed by atoms with E-state index in [9.17, 15) is 0 Å². The Labute approximate surface area is 77.0 Å². The second-order valence-electron chi connectivity index (χ2n) is 3.32. The molecule has 1 atom stereocenters. The van der Waals surface area contributed by atoms with Gasteiger partial charge in [-0.1, -0.05) is 0 Å². The van der Waals surface area contributed by atoms with Gasteiger partial charge in [0.2, 0.25) is 0 Å². The zero-order valence-corrected chi connectivity index (χ0v) is 7.43. The van der Waals surface area contributed by atoms with E-state index in [-0.39, 0.29) is 6.04 Å². The Balaban J connectivity index is 2.08.